The van der Waals surface area contributed by atoms with Crippen LogP contribution in [0.15, 0.2) is 35.8 Å². The Kier molecular flexibility index (Phi) is 3.43. The third-order valence-electron chi connectivity index (χ3n) is 3.72. The highest BCUT2D eigenvalue weighted by atomic mass is 32.1. The van der Waals surface area contributed by atoms with Crippen LogP contribution in [0.5, 0.6) is 0 Å². The van der Waals surface area contributed by atoms with Gasteiger partial charge in [-0.1, -0.05) is 29.8 Å². The molecule has 0 amide bonds. The average Bonchev–Trinajstić information content (AvgIpc) is 2.92. The summed E-state index contributed by atoms with van der Waals surface area (Å²) in [5, 5.41) is 6.90. The second-order valence-electron chi connectivity index (χ2n) is 4.99. The van der Waals surface area contributed by atoms with Gasteiger partial charge >= 0.3 is 0 Å². The lowest BCUT2D eigenvalue weighted by atomic mass is 9.81. The largest absolute Gasteiger partial charge is 0.316 e. The number of nitrogens with zero attached hydrogens (tertiary/aromatic N) is 1. The zero-order valence-corrected chi connectivity index (χ0v) is 11.4. The van der Waals surface area contributed by atoms with Gasteiger partial charge in [-0.05, 0) is 25.5 Å². The smallest absolute Gasteiger partial charge is 0.0962 e. The Bertz CT molecular complexity index is 507. The fraction of sp³-hybridized carbons (Fsp3) is 0.400. The highest BCUT2D eigenvalue weighted by molar-refractivity contribution is 7.09. The molecule has 1 aliphatic heterocycles. The number of aryl methyl sites for hydroxylation is 1. The van der Waals surface area contributed by atoms with Crippen LogP contribution in [-0.2, 0) is 0 Å². The number of nitrogens with one attached hydrogen (secondary N) is 1. The van der Waals surface area contributed by atoms with E-state index < -0.39 is 0 Å². The molecular formula is C15H18N2S. The van der Waals surface area contributed by atoms with Crippen molar-refractivity contribution in [3.05, 3.63) is 52.0 Å². The predicted octanol–water partition coefficient (Wildman–Crippen LogP) is 3.31. The van der Waals surface area contributed by atoms with Gasteiger partial charge in [0.1, 0.15) is 0 Å². The normalized spacial score (nSPS) is 24.1. The molecule has 1 aromatic carbocycles. The van der Waals surface area contributed by atoms with Crippen molar-refractivity contribution in [3.63, 3.8) is 0 Å². The summed E-state index contributed by atoms with van der Waals surface area (Å²) in [6.07, 6.45) is 3.11. The number of piperidine rings is 1. The van der Waals surface area contributed by atoms with Crippen LogP contribution in [0, 0.1) is 6.92 Å². The van der Waals surface area contributed by atoms with E-state index in [4.69, 9.17) is 0 Å². The van der Waals surface area contributed by atoms with Crippen LogP contribution in [0.1, 0.15) is 34.4 Å². The summed E-state index contributed by atoms with van der Waals surface area (Å²) < 4.78 is 0. The number of aromatic nitrogens is 1. The lowest BCUT2D eigenvalue weighted by Crippen LogP contribution is -2.34. The van der Waals surface area contributed by atoms with Crippen LogP contribution in [-0.4, -0.2) is 18.1 Å². The molecule has 1 fully saturated rings. The second-order valence-corrected chi connectivity index (χ2v) is 5.92. The third kappa shape index (κ3) is 2.33. The molecule has 0 saturated carbocycles. The van der Waals surface area contributed by atoms with Crippen molar-refractivity contribution in [2.45, 2.75) is 25.2 Å². The Morgan fingerprint density at radius 2 is 2.28 bits per heavy atom. The fourth-order valence-corrected chi connectivity index (χ4v) is 3.66. The molecule has 1 aromatic heterocycles. The summed E-state index contributed by atoms with van der Waals surface area (Å²) in [6.45, 7) is 4.33. The Morgan fingerprint density at radius 3 is 3.06 bits per heavy atom. The van der Waals surface area contributed by atoms with Crippen LogP contribution in [0.2, 0.25) is 0 Å². The van der Waals surface area contributed by atoms with Crippen molar-refractivity contribution in [1.82, 2.24) is 10.3 Å². The van der Waals surface area contributed by atoms with Crippen molar-refractivity contribution in [3.8, 4) is 0 Å². The van der Waals surface area contributed by atoms with E-state index in [1.165, 1.54) is 22.6 Å². The van der Waals surface area contributed by atoms with E-state index in [0.29, 0.717) is 11.8 Å². The van der Waals surface area contributed by atoms with E-state index in [2.05, 4.69) is 46.9 Å². The van der Waals surface area contributed by atoms with E-state index in [-0.39, 0.29) is 0 Å². The Hall–Kier alpha value is -1.19. The minimum atomic E-state index is 0.560. The van der Waals surface area contributed by atoms with Gasteiger partial charge in [0.25, 0.3) is 0 Å². The molecule has 0 bridgehead atoms. The molecule has 1 saturated heterocycles. The van der Waals surface area contributed by atoms with Crippen molar-refractivity contribution in [1.29, 1.82) is 0 Å². The van der Waals surface area contributed by atoms with E-state index in [0.717, 1.165) is 13.1 Å². The topological polar surface area (TPSA) is 24.9 Å². The molecule has 1 N–H and O–H groups in total. The Morgan fingerprint density at radius 1 is 1.33 bits per heavy atom. The quantitative estimate of drug-likeness (QED) is 0.894. The molecule has 2 unspecified atom stereocenters. The number of rotatable bonds is 2. The van der Waals surface area contributed by atoms with Gasteiger partial charge in [-0.25, -0.2) is 4.98 Å². The van der Waals surface area contributed by atoms with Crippen LogP contribution in [0.3, 0.4) is 0 Å². The van der Waals surface area contributed by atoms with E-state index in [9.17, 15) is 0 Å². The minimum Gasteiger partial charge on any atom is -0.316 e. The lowest BCUT2D eigenvalue weighted by molar-refractivity contribution is 0.403. The van der Waals surface area contributed by atoms with Crippen molar-refractivity contribution < 1.29 is 0 Å². The van der Waals surface area contributed by atoms with Gasteiger partial charge in [0.05, 0.1) is 5.01 Å². The first-order chi connectivity index (χ1) is 8.84. The first kappa shape index (κ1) is 11.9. The van der Waals surface area contributed by atoms with Gasteiger partial charge in [-0.3, -0.25) is 0 Å². The van der Waals surface area contributed by atoms with E-state index >= 15 is 0 Å². The molecule has 0 aliphatic carbocycles. The average molecular weight is 258 g/mol. The standard InChI is InChI=1S/C15H18N2S/c1-11-3-2-4-12(9-11)14-10-16-6-5-13(14)15-17-7-8-18-15/h2-4,7-9,13-14,16H,5-6,10H2,1H3. The van der Waals surface area contributed by atoms with Gasteiger partial charge in [-0.15, -0.1) is 11.3 Å². The minimum absolute atomic E-state index is 0.560. The van der Waals surface area contributed by atoms with Gasteiger partial charge in [0, 0.05) is 30.0 Å². The molecule has 18 heavy (non-hydrogen) atoms. The fourth-order valence-electron chi connectivity index (χ4n) is 2.82. The monoisotopic (exact) mass is 258 g/mol. The second kappa shape index (κ2) is 5.21. The van der Waals surface area contributed by atoms with Crippen LogP contribution in [0.4, 0.5) is 0 Å². The molecule has 2 nitrogen and oxygen atoms in total. The summed E-state index contributed by atoms with van der Waals surface area (Å²) in [6, 6.07) is 8.90. The highest BCUT2D eigenvalue weighted by Gasteiger charge is 2.29. The van der Waals surface area contributed by atoms with Gasteiger partial charge in [0.2, 0.25) is 0 Å². The summed E-state index contributed by atoms with van der Waals surface area (Å²) >= 11 is 1.79. The van der Waals surface area contributed by atoms with Crippen LogP contribution >= 0.6 is 11.3 Å². The molecule has 1 aliphatic rings. The molecule has 94 valence electrons. The molecule has 3 rings (SSSR count). The molecule has 2 heterocycles. The summed E-state index contributed by atoms with van der Waals surface area (Å²) in [7, 11) is 0. The first-order valence-corrected chi connectivity index (χ1v) is 7.39. The molecule has 0 spiro atoms. The molecule has 2 atom stereocenters. The predicted molar refractivity (Wildman–Crippen MR) is 76.3 cm³/mol. The maximum absolute atomic E-state index is 4.53. The lowest BCUT2D eigenvalue weighted by Gasteiger charge is -2.31. The van der Waals surface area contributed by atoms with E-state index in [1.54, 1.807) is 11.3 Å². The van der Waals surface area contributed by atoms with Gasteiger partial charge < -0.3 is 5.32 Å². The number of hydrogen-bond acceptors (Lipinski definition) is 3. The Balaban J connectivity index is 1.93. The number of benzene rings is 1. The summed E-state index contributed by atoms with van der Waals surface area (Å²) in [5.41, 5.74) is 2.79. The SMILES string of the molecule is Cc1cccc(C2CNCCC2c2nccs2)c1. The zero-order chi connectivity index (χ0) is 12.4. The third-order valence-corrected chi connectivity index (χ3v) is 4.63. The van der Waals surface area contributed by atoms with Crippen molar-refractivity contribution >= 4 is 11.3 Å². The zero-order valence-electron chi connectivity index (χ0n) is 10.6. The van der Waals surface area contributed by atoms with Crippen LogP contribution in [0.25, 0.3) is 0 Å². The highest BCUT2D eigenvalue weighted by Crippen LogP contribution is 2.38. The summed E-state index contributed by atoms with van der Waals surface area (Å²) in [4.78, 5) is 4.53. The maximum atomic E-state index is 4.53. The molecule has 3 heteroatoms. The number of hydrogen-bond donors (Lipinski definition) is 1. The van der Waals surface area contributed by atoms with Crippen molar-refractivity contribution in [2.24, 2.45) is 0 Å². The summed E-state index contributed by atoms with van der Waals surface area (Å²) in [5.74, 6) is 1.14. The van der Waals surface area contributed by atoms with Gasteiger partial charge in [-0.2, -0.15) is 0 Å². The van der Waals surface area contributed by atoms with Gasteiger partial charge in [0.15, 0.2) is 0 Å². The molecular weight excluding hydrogens is 240 g/mol. The first-order valence-electron chi connectivity index (χ1n) is 6.51. The van der Waals surface area contributed by atoms with Crippen LogP contribution < -0.4 is 5.32 Å². The Labute approximate surface area is 112 Å². The number of thiazole rings is 1. The molecule has 2 aromatic rings. The van der Waals surface area contributed by atoms with E-state index in [1.807, 2.05) is 6.20 Å². The van der Waals surface area contributed by atoms with Crippen molar-refractivity contribution in [2.75, 3.05) is 13.1 Å². The maximum Gasteiger partial charge on any atom is 0.0962 e. The molecule has 0 radical (unpaired) electrons.